The van der Waals surface area contributed by atoms with Crippen molar-refractivity contribution in [3.8, 4) is 51.0 Å². The summed E-state index contributed by atoms with van der Waals surface area (Å²) < 4.78 is 7.23. The van der Waals surface area contributed by atoms with E-state index >= 15 is 0 Å². The van der Waals surface area contributed by atoms with Gasteiger partial charge in [-0.15, -0.1) is 0 Å². The van der Waals surface area contributed by atoms with Gasteiger partial charge in [0.15, 0.2) is 5.82 Å². The first kappa shape index (κ1) is 36.1. The lowest BCUT2D eigenvalue weighted by Gasteiger charge is -2.12. The topological polar surface area (TPSA) is 40.6 Å². The third-order valence-corrected chi connectivity index (χ3v) is 12.9. The van der Waals surface area contributed by atoms with E-state index in [-0.39, 0.29) is 0 Å². The lowest BCUT2D eigenvalue weighted by atomic mass is 10.1. The summed E-state index contributed by atoms with van der Waals surface area (Å²) >= 11 is 0. The number of hydrogen-bond donors (Lipinski definition) is 0. The van der Waals surface area contributed by atoms with Gasteiger partial charge in [-0.05, 0) is 85.8 Å². The molecule has 5 nitrogen and oxygen atoms in total. The molecule has 300 valence electrons. The molecule has 0 saturated carbocycles. The van der Waals surface area contributed by atoms with Gasteiger partial charge >= 0.3 is 0 Å². The average Bonchev–Trinajstić information content (AvgIpc) is 4.00. The molecule has 64 heavy (non-hydrogen) atoms. The zero-order chi connectivity index (χ0) is 42.3. The Morgan fingerprint density at radius 2 is 0.641 bits per heavy atom. The Morgan fingerprint density at radius 1 is 0.281 bits per heavy atom. The highest BCUT2D eigenvalue weighted by molar-refractivity contribution is 6.14. The summed E-state index contributed by atoms with van der Waals surface area (Å²) in [7, 11) is 0. The maximum absolute atomic E-state index is 5.15. The predicted molar refractivity (Wildman–Crippen MR) is 266 cm³/mol. The average molecular weight is 818 g/mol. The number of benzene rings is 9. The van der Waals surface area contributed by atoms with E-state index in [0.29, 0.717) is 5.82 Å². The van der Waals surface area contributed by atoms with Crippen LogP contribution in [0.25, 0.3) is 116 Å². The number of fused-ring (bicyclic) bond motifs is 9. The molecule has 0 aliphatic rings. The second kappa shape index (κ2) is 14.3. The van der Waals surface area contributed by atoms with Gasteiger partial charge in [0.25, 0.3) is 0 Å². The maximum Gasteiger partial charge on any atom is 0.160 e. The second-order valence-electron chi connectivity index (χ2n) is 16.7. The van der Waals surface area contributed by atoms with Crippen molar-refractivity contribution in [2.24, 2.45) is 0 Å². The van der Waals surface area contributed by atoms with Crippen molar-refractivity contribution in [1.29, 1.82) is 0 Å². The van der Waals surface area contributed by atoms with Crippen LogP contribution in [0.3, 0.4) is 0 Å². The molecular formula is C59H39N5. The Kier molecular flexibility index (Phi) is 8.06. The Morgan fingerprint density at radius 3 is 1.11 bits per heavy atom. The van der Waals surface area contributed by atoms with E-state index in [1.807, 2.05) is 6.07 Å². The molecule has 4 heterocycles. The first-order chi connectivity index (χ1) is 31.6. The zero-order valence-electron chi connectivity index (χ0n) is 35.0. The molecule has 0 spiro atoms. The molecule has 0 unspecified atom stereocenters. The summed E-state index contributed by atoms with van der Waals surface area (Å²) in [5.74, 6) is 0.709. The fraction of sp³-hybridized carbons (Fsp3) is 0.0169. The van der Waals surface area contributed by atoms with Gasteiger partial charge in [-0.3, -0.25) is 0 Å². The zero-order valence-corrected chi connectivity index (χ0v) is 35.0. The molecular weight excluding hydrogens is 779 g/mol. The number of aryl methyl sites for hydroxylation is 1. The molecule has 9 aromatic carbocycles. The van der Waals surface area contributed by atoms with E-state index in [1.165, 1.54) is 59.9 Å². The minimum Gasteiger partial charge on any atom is -0.309 e. The summed E-state index contributed by atoms with van der Waals surface area (Å²) in [4.78, 5) is 10.2. The molecule has 13 rings (SSSR count). The molecule has 0 N–H and O–H groups in total. The molecule has 13 aromatic rings. The van der Waals surface area contributed by atoms with E-state index < -0.39 is 0 Å². The molecule has 0 amide bonds. The molecule has 0 radical (unpaired) electrons. The van der Waals surface area contributed by atoms with E-state index in [2.05, 4.69) is 233 Å². The van der Waals surface area contributed by atoms with E-state index in [0.717, 1.165) is 56.2 Å². The molecule has 0 bridgehead atoms. The minimum atomic E-state index is 0.709. The third-order valence-electron chi connectivity index (χ3n) is 12.9. The van der Waals surface area contributed by atoms with E-state index in [9.17, 15) is 0 Å². The van der Waals surface area contributed by atoms with Gasteiger partial charge in [0.1, 0.15) is 0 Å². The molecule has 0 atom stereocenters. The monoisotopic (exact) mass is 817 g/mol. The van der Waals surface area contributed by atoms with Crippen molar-refractivity contribution >= 4 is 65.4 Å². The lowest BCUT2D eigenvalue weighted by Crippen LogP contribution is -1.98. The van der Waals surface area contributed by atoms with Crippen molar-refractivity contribution < 1.29 is 0 Å². The summed E-state index contributed by atoms with van der Waals surface area (Å²) in [6.45, 7) is 2.10. The summed E-state index contributed by atoms with van der Waals surface area (Å²) in [6.07, 6.45) is 0. The van der Waals surface area contributed by atoms with Crippen molar-refractivity contribution in [3.63, 3.8) is 0 Å². The second-order valence-corrected chi connectivity index (χ2v) is 16.7. The summed E-state index contributed by atoms with van der Waals surface area (Å²) in [5, 5.41) is 7.37. The number of para-hydroxylation sites is 4. The third kappa shape index (κ3) is 5.64. The van der Waals surface area contributed by atoms with Crippen LogP contribution >= 0.6 is 0 Å². The van der Waals surface area contributed by atoms with Gasteiger partial charge in [0.05, 0.1) is 44.5 Å². The molecule has 0 saturated heterocycles. The van der Waals surface area contributed by atoms with Crippen LogP contribution in [0.5, 0.6) is 0 Å². The van der Waals surface area contributed by atoms with Crippen LogP contribution in [0.1, 0.15) is 5.56 Å². The standard InChI is InChI=1S/C59H39N5/c1-38-23-25-41(26-24-38)59-60-51(39-13-3-2-4-14-39)37-52(61-59)40-27-29-42(30-28-40)62-57-33-31-43(63-53-19-9-5-15-45(53)46-16-6-10-20-54(46)63)35-49(57)50-36-44(32-34-58(50)62)64-55-21-11-7-17-47(55)48-18-8-12-22-56(48)64/h2-37H,1H3. The molecule has 5 heteroatoms. The summed E-state index contributed by atoms with van der Waals surface area (Å²) in [6, 6.07) is 78.6. The Labute approximate surface area is 369 Å². The highest BCUT2D eigenvalue weighted by Crippen LogP contribution is 2.40. The van der Waals surface area contributed by atoms with Crippen LogP contribution in [0.2, 0.25) is 0 Å². The van der Waals surface area contributed by atoms with E-state index in [4.69, 9.17) is 9.97 Å². The highest BCUT2D eigenvalue weighted by atomic mass is 15.0. The van der Waals surface area contributed by atoms with Gasteiger partial charge in [0, 0.05) is 66.1 Å². The van der Waals surface area contributed by atoms with Crippen molar-refractivity contribution in [2.75, 3.05) is 0 Å². The van der Waals surface area contributed by atoms with Gasteiger partial charge in [-0.2, -0.15) is 0 Å². The molecule has 0 fully saturated rings. The lowest BCUT2D eigenvalue weighted by molar-refractivity contribution is 1.16. The van der Waals surface area contributed by atoms with Crippen molar-refractivity contribution in [1.82, 2.24) is 23.7 Å². The predicted octanol–water partition coefficient (Wildman–Crippen LogP) is 15.1. The molecule has 0 aliphatic heterocycles. The number of aromatic nitrogens is 5. The fourth-order valence-corrected chi connectivity index (χ4v) is 9.92. The summed E-state index contributed by atoms with van der Waals surface area (Å²) in [5.41, 5.74) is 16.4. The minimum absolute atomic E-state index is 0.709. The normalized spacial score (nSPS) is 11.8. The van der Waals surface area contributed by atoms with Crippen LogP contribution in [0, 0.1) is 6.92 Å². The van der Waals surface area contributed by atoms with Crippen molar-refractivity contribution in [2.45, 2.75) is 6.92 Å². The SMILES string of the molecule is Cc1ccc(-c2nc(-c3ccccc3)cc(-c3ccc(-n4c5ccc(-n6c7ccccc7c7ccccc76)cc5c5cc(-n6c7ccccc7c7ccccc76)ccc54)cc3)n2)cc1. The Hall–Kier alpha value is -8.54. The molecule has 0 aliphatic carbocycles. The van der Waals surface area contributed by atoms with Gasteiger partial charge in [-0.25, -0.2) is 9.97 Å². The number of hydrogen-bond acceptors (Lipinski definition) is 2. The van der Waals surface area contributed by atoms with E-state index in [1.54, 1.807) is 0 Å². The Balaban J connectivity index is 1.01. The van der Waals surface area contributed by atoms with Crippen LogP contribution in [0.15, 0.2) is 218 Å². The smallest absolute Gasteiger partial charge is 0.160 e. The first-order valence-corrected chi connectivity index (χ1v) is 21.8. The van der Waals surface area contributed by atoms with Crippen LogP contribution < -0.4 is 0 Å². The largest absolute Gasteiger partial charge is 0.309 e. The number of nitrogens with zero attached hydrogens (tertiary/aromatic N) is 5. The van der Waals surface area contributed by atoms with Crippen LogP contribution in [-0.2, 0) is 0 Å². The van der Waals surface area contributed by atoms with Crippen LogP contribution in [0.4, 0.5) is 0 Å². The first-order valence-electron chi connectivity index (χ1n) is 21.8. The van der Waals surface area contributed by atoms with Gasteiger partial charge in [-0.1, -0.05) is 145 Å². The highest BCUT2D eigenvalue weighted by Gasteiger charge is 2.19. The fourth-order valence-electron chi connectivity index (χ4n) is 9.92. The Bertz CT molecular complexity index is 3670. The van der Waals surface area contributed by atoms with Crippen molar-refractivity contribution in [3.05, 3.63) is 224 Å². The van der Waals surface area contributed by atoms with Gasteiger partial charge in [0.2, 0.25) is 0 Å². The van der Waals surface area contributed by atoms with Crippen LogP contribution in [-0.4, -0.2) is 23.7 Å². The maximum atomic E-state index is 5.15. The molecule has 4 aromatic heterocycles. The van der Waals surface area contributed by atoms with Gasteiger partial charge < -0.3 is 13.7 Å². The quantitative estimate of drug-likeness (QED) is 0.168. The number of rotatable bonds is 6.